The summed E-state index contributed by atoms with van der Waals surface area (Å²) in [6, 6.07) is 2.75. The van der Waals surface area contributed by atoms with Crippen LogP contribution in [0.15, 0.2) is 18.2 Å². The summed E-state index contributed by atoms with van der Waals surface area (Å²) in [7, 11) is 0. The number of halogens is 2. The largest absolute Gasteiger partial charge is 0.447 e. The molecule has 0 aliphatic carbocycles. The molecule has 0 aromatic heterocycles. The van der Waals surface area contributed by atoms with E-state index in [1.54, 1.807) is 6.92 Å². The highest BCUT2D eigenvalue weighted by Gasteiger charge is 2.15. The average molecular weight is 257 g/mol. The lowest BCUT2D eigenvalue weighted by Crippen LogP contribution is -2.21. The second kappa shape index (κ2) is 6.09. The van der Waals surface area contributed by atoms with Crippen LogP contribution in [0.5, 0.6) is 0 Å². The van der Waals surface area contributed by atoms with E-state index in [1.165, 1.54) is 0 Å². The molecule has 0 saturated heterocycles. The maximum atomic E-state index is 13.3. The van der Waals surface area contributed by atoms with E-state index in [9.17, 15) is 18.4 Å². The van der Waals surface area contributed by atoms with Gasteiger partial charge in [0.2, 0.25) is 0 Å². The summed E-state index contributed by atoms with van der Waals surface area (Å²) in [5.74, 6) is -2.12. The summed E-state index contributed by atoms with van der Waals surface area (Å²) >= 11 is 0. The highest BCUT2D eigenvalue weighted by molar-refractivity contribution is 5.96. The predicted octanol–water partition coefficient (Wildman–Crippen LogP) is 2.41. The van der Waals surface area contributed by atoms with Crippen LogP contribution in [0.2, 0.25) is 0 Å². The number of ether oxygens (including phenoxy) is 1. The Morgan fingerprint density at radius 2 is 2.06 bits per heavy atom. The molecule has 1 aromatic carbocycles. The minimum Gasteiger partial charge on any atom is -0.447 e. The number of nitrogens with two attached hydrogens (primary N) is 1. The molecule has 98 valence electrons. The van der Waals surface area contributed by atoms with Gasteiger partial charge in [0.05, 0.1) is 5.56 Å². The molecule has 18 heavy (non-hydrogen) atoms. The van der Waals surface area contributed by atoms with Crippen LogP contribution >= 0.6 is 0 Å². The second-order valence-corrected chi connectivity index (χ2v) is 3.83. The molecule has 0 radical (unpaired) electrons. The van der Waals surface area contributed by atoms with Crippen molar-refractivity contribution in [3.8, 4) is 0 Å². The van der Waals surface area contributed by atoms with Crippen molar-refractivity contribution >= 4 is 11.9 Å². The van der Waals surface area contributed by atoms with Gasteiger partial charge in [0.1, 0.15) is 17.7 Å². The van der Waals surface area contributed by atoms with Crippen molar-refractivity contribution in [2.24, 2.45) is 5.73 Å². The van der Waals surface area contributed by atoms with E-state index in [0.717, 1.165) is 12.1 Å². The van der Waals surface area contributed by atoms with Gasteiger partial charge in [-0.1, -0.05) is 0 Å². The normalized spacial score (nSPS) is 11.9. The molecule has 0 aliphatic rings. The maximum Gasteiger partial charge on any atom is 0.404 e. The van der Waals surface area contributed by atoms with Crippen LogP contribution in [0.3, 0.4) is 0 Å². The Kier molecular flexibility index (Phi) is 4.76. The first-order valence-corrected chi connectivity index (χ1v) is 5.34. The van der Waals surface area contributed by atoms with Gasteiger partial charge in [0.15, 0.2) is 5.78 Å². The number of ketones is 1. The molecule has 1 unspecified atom stereocenters. The van der Waals surface area contributed by atoms with Crippen molar-refractivity contribution in [1.29, 1.82) is 0 Å². The van der Waals surface area contributed by atoms with Crippen LogP contribution in [0.1, 0.15) is 30.1 Å². The SMILES string of the molecule is CC(CCC(=O)c1ccc(F)cc1F)OC(N)=O. The lowest BCUT2D eigenvalue weighted by Gasteiger charge is -2.10. The lowest BCUT2D eigenvalue weighted by atomic mass is 10.0. The predicted molar refractivity (Wildman–Crippen MR) is 60.1 cm³/mol. The van der Waals surface area contributed by atoms with Gasteiger partial charge in [-0.25, -0.2) is 13.6 Å². The Labute approximate surface area is 103 Å². The van der Waals surface area contributed by atoms with E-state index in [0.29, 0.717) is 6.07 Å². The molecule has 0 aliphatic heterocycles. The molecular weight excluding hydrogens is 244 g/mol. The Morgan fingerprint density at radius 3 is 2.61 bits per heavy atom. The van der Waals surface area contributed by atoms with Gasteiger partial charge in [0.25, 0.3) is 0 Å². The third-order valence-electron chi connectivity index (χ3n) is 2.33. The standard InChI is InChI=1S/C12H13F2NO3/c1-7(18-12(15)17)2-5-11(16)9-4-3-8(13)6-10(9)14/h3-4,6-7H,2,5H2,1H3,(H2,15,17). The minimum absolute atomic E-state index is 0.0169. The van der Waals surface area contributed by atoms with Crippen LogP contribution in [-0.2, 0) is 4.74 Å². The second-order valence-electron chi connectivity index (χ2n) is 3.83. The van der Waals surface area contributed by atoms with Gasteiger partial charge in [-0.15, -0.1) is 0 Å². The van der Waals surface area contributed by atoms with Crippen molar-refractivity contribution in [3.63, 3.8) is 0 Å². The van der Waals surface area contributed by atoms with Crippen molar-refractivity contribution in [2.75, 3.05) is 0 Å². The molecule has 1 rings (SSSR count). The quantitative estimate of drug-likeness (QED) is 0.823. The van der Waals surface area contributed by atoms with E-state index < -0.39 is 29.6 Å². The number of benzene rings is 1. The third kappa shape index (κ3) is 4.12. The molecule has 4 nitrogen and oxygen atoms in total. The first kappa shape index (κ1) is 14.1. The van der Waals surface area contributed by atoms with Gasteiger partial charge in [-0.2, -0.15) is 0 Å². The zero-order valence-corrected chi connectivity index (χ0v) is 9.78. The smallest absolute Gasteiger partial charge is 0.404 e. The Hall–Kier alpha value is -1.98. The van der Waals surface area contributed by atoms with Gasteiger partial charge < -0.3 is 10.5 Å². The molecule has 1 aromatic rings. The molecule has 0 heterocycles. The number of hydrogen-bond acceptors (Lipinski definition) is 3. The van der Waals surface area contributed by atoms with Crippen LogP contribution in [0.4, 0.5) is 13.6 Å². The number of amides is 1. The highest BCUT2D eigenvalue weighted by Crippen LogP contribution is 2.14. The van der Waals surface area contributed by atoms with Crippen LogP contribution in [-0.4, -0.2) is 18.0 Å². The fourth-order valence-corrected chi connectivity index (χ4v) is 1.44. The molecule has 0 spiro atoms. The van der Waals surface area contributed by atoms with Crippen molar-refractivity contribution in [3.05, 3.63) is 35.4 Å². The Bertz CT molecular complexity index is 463. The highest BCUT2D eigenvalue weighted by atomic mass is 19.1. The minimum atomic E-state index is -0.928. The lowest BCUT2D eigenvalue weighted by molar-refractivity contribution is 0.0894. The van der Waals surface area contributed by atoms with Crippen molar-refractivity contribution in [1.82, 2.24) is 0 Å². The fraction of sp³-hybridized carbons (Fsp3) is 0.333. The van der Waals surface area contributed by atoms with Gasteiger partial charge in [-0.05, 0) is 25.5 Å². The molecule has 2 N–H and O–H groups in total. The number of Topliss-reactive ketones (excluding diaryl/α,β-unsaturated/α-hetero) is 1. The van der Waals surface area contributed by atoms with E-state index in [2.05, 4.69) is 4.74 Å². The maximum absolute atomic E-state index is 13.3. The molecule has 0 bridgehead atoms. The summed E-state index contributed by atoms with van der Waals surface area (Å²) < 4.78 is 30.5. The Morgan fingerprint density at radius 1 is 1.39 bits per heavy atom. The topological polar surface area (TPSA) is 69.4 Å². The molecule has 0 saturated carbocycles. The Balaban J connectivity index is 2.58. The van der Waals surface area contributed by atoms with Gasteiger partial charge in [0, 0.05) is 12.5 Å². The van der Waals surface area contributed by atoms with Crippen molar-refractivity contribution in [2.45, 2.75) is 25.9 Å². The zero-order chi connectivity index (χ0) is 13.7. The molecule has 1 amide bonds. The number of carbonyl (C=O) groups is 2. The summed E-state index contributed by atoms with van der Waals surface area (Å²) in [5.41, 5.74) is 4.63. The van der Waals surface area contributed by atoms with Crippen LogP contribution < -0.4 is 5.73 Å². The van der Waals surface area contributed by atoms with E-state index >= 15 is 0 Å². The molecule has 0 fully saturated rings. The first-order chi connectivity index (χ1) is 8.40. The van der Waals surface area contributed by atoms with E-state index in [4.69, 9.17) is 5.73 Å². The fourth-order valence-electron chi connectivity index (χ4n) is 1.44. The molecule has 6 heteroatoms. The first-order valence-electron chi connectivity index (χ1n) is 5.34. The number of carbonyl (C=O) groups excluding carboxylic acids is 2. The zero-order valence-electron chi connectivity index (χ0n) is 9.78. The van der Waals surface area contributed by atoms with E-state index in [-0.39, 0.29) is 18.4 Å². The monoisotopic (exact) mass is 257 g/mol. The van der Waals surface area contributed by atoms with Crippen molar-refractivity contribution < 1.29 is 23.1 Å². The average Bonchev–Trinajstić information content (AvgIpc) is 2.25. The number of rotatable bonds is 5. The molecule has 1 atom stereocenters. The molecular formula is C12H13F2NO3. The summed E-state index contributed by atoms with van der Waals surface area (Å²) in [6.07, 6.45) is -1.26. The third-order valence-corrected chi connectivity index (χ3v) is 2.33. The van der Waals surface area contributed by atoms with E-state index in [1.807, 2.05) is 0 Å². The summed E-state index contributed by atoms with van der Waals surface area (Å²) in [5, 5.41) is 0. The van der Waals surface area contributed by atoms with Crippen LogP contribution in [0.25, 0.3) is 0 Å². The van der Waals surface area contributed by atoms with Gasteiger partial charge in [-0.3, -0.25) is 4.79 Å². The number of primary amides is 1. The summed E-state index contributed by atoms with van der Waals surface area (Å²) in [6.45, 7) is 1.57. The summed E-state index contributed by atoms with van der Waals surface area (Å²) in [4.78, 5) is 22.1. The number of hydrogen-bond donors (Lipinski definition) is 1. The van der Waals surface area contributed by atoms with Gasteiger partial charge >= 0.3 is 6.09 Å². The van der Waals surface area contributed by atoms with Crippen LogP contribution in [0, 0.1) is 11.6 Å².